The van der Waals surface area contributed by atoms with E-state index in [2.05, 4.69) is 50.2 Å². The van der Waals surface area contributed by atoms with Gasteiger partial charge in [-0.05, 0) is 109 Å². The molecule has 0 aliphatic heterocycles. The average Bonchev–Trinajstić information content (AvgIpc) is 3.59. The quantitative estimate of drug-likeness (QED) is 0.217. The van der Waals surface area contributed by atoms with Crippen LogP contribution in [0.25, 0.3) is 31.3 Å². The van der Waals surface area contributed by atoms with Crippen molar-refractivity contribution in [1.29, 1.82) is 0 Å². The Kier molecular flexibility index (Phi) is 7.75. The molecule has 0 spiro atoms. The zero-order chi connectivity index (χ0) is 25.4. The summed E-state index contributed by atoms with van der Waals surface area (Å²) in [5.74, 6) is 0. The van der Waals surface area contributed by atoms with Gasteiger partial charge in [-0.1, -0.05) is 23.9 Å². The Bertz CT molecular complexity index is 1500. The van der Waals surface area contributed by atoms with Crippen LogP contribution in [0.4, 0.5) is 0 Å². The van der Waals surface area contributed by atoms with Crippen LogP contribution in [-0.4, -0.2) is 10.2 Å². The molecule has 0 radical (unpaired) electrons. The molecule has 184 valence electrons. The molecule has 0 bridgehead atoms. The van der Waals surface area contributed by atoms with Crippen molar-refractivity contribution in [1.82, 2.24) is 0 Å². The van der Waals surface area contributed by atoms with E-state index in [1.54, 1.807) is 25.2 Å². The Morgan fingerprint density at radius 2 is 1.36 bits per heavy atom. The number of rotatable bonds is 6. The third-order valence-electron chi connectivity index (χ3n) is 6.15. The van der Waals surface area contributed by atoms with Gasteiger partial charge in [-0.25, -0.2) is 0 Å². The molecular formula is C29H26O2S5. The summed E-state index contributed by atoms with van der Waals surface area (Å²) >= 11 is 7.99. The maximum atomic E-state index is 11.6. The van der Waals surface area contributed by atoms with Crippen LogP contribution in [0.15, 0.2) is 57.6 Å². The van der Waals surface area contributed by atoms with Crippen molar-refractivity contribution in [3.8, 4) is 20.2 Å². The average molecular weight is 567 g/mol. The Balaban J connectivity index is 1.49. The van der Waals surface area contributed by atoms with Gasteiger partial charge < -0.3 is 0 Å². The summed E-state index contributed by atoms with van der Waals surface area (Å²) in [6.45, 7) is 7.69. The Labute approximate surface area is 232 Å². The van der Waals surface area contributed by atoms with Crippen LogP contribution in [0.2, 0.25) is 0 Å². The largest absolute Gasteiger partial charge is 0.287 e. The van der Waals surface area contributed by atoms with E-state index in [-0.39, 0.29) is 10.2 Å². The van der Waals surface area contributed by atoms with Crippen molar-refractivity contribution in [2.24, 2.45) is 0 Å². The van der Waals surface area contributed by atoms with Crippen molar-refractivity contribution in [3.63, 3.8) is 0 Å². The lowest BCUT2D eigenvalue weighted by Gasteiger charge is -2.07. The van der Waals surface area contributed by atoms with Gasteiger partial charge in [0, 0.05) is 43.1 Å². The van der Waals surface area contributed by atoms with Crippen molar-refractivity contribution in [2.45, 2.75) is 56.1 Å². The summed E-state index contributed by atoms with van der Waals surface area (Å²) in [5, 5.41) is 0.236. The van der Waals surface area contributed by atoms with Gasteiger partial charge in [0.15, 0.2) is 10.2 Å². The van der Waals surface area contributed by atoms with E-state index in [1.807, 2.05) is 34.8 Å². The monoisotopic (exact) mass is 566 g/mol. The summed E-state index contributed by atoms with van der Waals surface area (Å²) in [6.07, 6.45) is 3.40. The topological polar surface area (TPSA) is 34.1 Å². The molecule has 0 saturated carbocycles. The highest BCUT2D eigenvalue weighted by atomic mass is 32.2. The van der Waals surface area contributed by atoms with E-state index in [0.717, 1.165) is 21.9 Å². The number of thioether (sulfide) groups is 2. The number of hydrogen-bond donors (Lipinski definition) is 0. The van der Waals surface area contributed by atoms with Crippen LogP contribution in [0.3, 0.4) is 0 Å². The van der Waals surface area contributed by atoms with Crippen LogP contribution < -0.4 is 0 Å². The molecule has 0 unspecified atom stereocenters. The van der Waals surface area contributed by atoms with E-state index >= 15 is 0 Å². The molecule has 0 N–H and O–H groups in total. The van der Waals surface area contributed by atoms with Gasteiger partial charge in [0.1, 0.15) is 0 Å². The zero-order valence-electron chi connectivity index (χ0n) is 20.6. The normalized spacial score (nSPS) is 13.6. The van der Waals surface area contributed by atoms with Gasteiger partial charge in [0.2, 0.25) is 0 Å². The second-order valence-electron chi connectivity index (χ2n) is 8.81. The van der Waals surface area contributed by atoms with E-state index in [1.165, 1.54) is 82.2 Å². The molecule has 1 aliphatic carbocycles. The maximum absolute atomic E-state index is 11.6. The van der Waals surface area contributed by atoms with Crippen molar-refractivity contribution < 1.29 is 9.59 Å². The number of aryl methyl sites for hydroxylation is 2. The van der Waals surface area contributed by atoms with E-state index in [0.29, 0.717) is 0 Å². The standard InChI is InChI=1S/C29H26O2S5/c1-16-24(14-27(32-16)20-7-5-8-21(13-20)34-18(3)30)22-9-6-10-23(22)25-15-28(33-17(25)2)26-11-12-29(36-26)35-19(4)31/h5,7-8,11-15H,6,9-10H2,1-4H3. The molecule has 1 aromatic carbocycles. The van der Waals surface area contributed by atoms with Gasteiger partial charge in [0.05, 0.1) is 4.21 Å². The third-order valence-corrected chi connectivity index (χ3v) is 11.3. The summed E-state index contributed by atoms with van der Waals surface area (Å²) < 4.78 is 1.05. The number of thiophene rings is 3. The molecule has 3 heterocycles. The molecule has 3 aromatic heterocycles. The van der Waals surface area contributed by atoms with Crippen molar-refractivity contribution >= 4 is 78.9 Å². The number of allylic oxidation sites excluding steroid dienone is 2. The predicted molar refractivity (Wildman–Crippen MR) is 161 cm³/mol. The minimum atomic E-state index is 0.109. The van der Waals surface area contributed by atoms with Crippen LogP contribution in [0.5, 0.6) is 0 Å². The lowest BCUT2D eigenvalue weighted by Crippen LogP contribution is -1.86. The van der Waals surface area contributed by atoms with Crippen LogP contribution in [-0.2, 0) is 9.59 Å². The Morgan fingerprint density at radius 1 is 0.722 bits per heavy atom. The van der Waals surface area contributed by atoms with Gasteiger partial charge in [-0.3, -0.25) is 9.59 Å². The maximum Gasteiger partial charge on any atom is 0.191 e. The van der Waals surface area contributed by atoms with Crippen molar-refractivity contribution in [2.75, 3.05) is 0 Å². The molecule has 2 nitrogen and oxygen atoms in total. The number of carbonyl (C=O) groups excluding carboxylic acids is 2. The smallest absolute Gasteiger partial charge is 0.191 e. The van der Waals surface area contributed by atoms with Gasteiger partial charge >= 0.3 is 0 Å². The van der Waals surface area contributed by atoms with E-state index in [9.17, 15) is 9.59 Å². The van der Waals surface area contributed by atoms with Crippen LogP contribution in [0.1, 0.15) is 54.0 Å². The minimum absolute atomic E-state index is 0.109. The molecule has 4 aromatic rings. The molecule has 36 heavy (non-hydrogen) atoms. The first-order chi connectivity index (χ1) is 17.3. The van der Waals surface area contributed by atoms with Crippen molar-refractivity contribution in [3.05, 3.63) is 69.4 Å². The second kappa shape index (κ2) is 10.8. The zero-order valence-corrected chi connectivity index (χ0v) is 24.7. The number of benzene rings is 1. The highest BCUT2D eigenvalue weighted by molar-refractivity contribution is 8.15. The molecule has 7 heteroatoms. The first-order valence-corrected chi connectivity index (χ1v) is 15.9. The van der Waals surface area contributed by atoms with Crippen LogP contribution >= 0.6 is 57.5 Å². The fraction of sp³-hybridized carbons (Fsp3) is 0.241. The van der Waals surface area contributed by atoms with E-state index < -0.39 is 0 Å². The number of hydrogen-bond acceptors (Lipinski definition) is 7. The molecule has 0 atom stereocenters. The number of carbonyl (C=O) groups is 2. The van der Waals surface area contributed by atoms with E-state index in [4.69, 9.17) is 0 Å². The SMILES string of the molecule is CC(=O)Sc1cccc(-c2cc(C3=C(c4cc(-c5ccc(SC(C)=O)s5)sc4C)CCC3)c(C)s2)c1. The van der Waals surface area contributed by atoms with Crippen LogP contribution in [0, 0.1) is 13.8 Å². The van der Waals surface area contributed by atoms with Gasteiger partial charge in [-0.2, -0.15) is 0 Å². The fourth-order valence-corrected chi connectivity index (χ4v) is 9.47. The lowest BCUT2D eigenvalue weighted by molar-refractivity contribution is -0.109. The molecule has 5 rings (SSSR count). The first-order valence-electron chi connectivity index (χ1n) is 11.8. The summed E-state index contributed by atoms with van der Waals surface area (Å²) in [6, 6.07) is 17.2. The van der Waals surface area contributed by atoms with Gasteiger partial charge in [-0.15, -0.1) is 34.0 Å². The highest BCUT2D eigenvalue weighted by Gasteiger charge is 2.24. The second-order valence-corrected chi connectivity index (χ2v) is 15.1. The molecule has 0 amide bonds. The lowest BCUT2D eigenvalue weighted by atomic mass is 9.97. The molecule has 0 saturated heterocycles. The third kappa shape index (κ3) is 5.50. The molecular weight excluding hydrogens is 541 g/mol. The summed E-state index contributed by atoms with van der Waals surface area (Å²) in [5.41, 5.74) is 6.89. The highest BCUT2D eigenvalue weighted by Crippen LogP contribution is 2.48. The first kappa shape index (κ1) is 25.7. The van der Waals surface area contributed by atoms with Gasteiger partial charge in [0.25, 0.3) is 0 Å². The Hall–Kier alpha value is -1.90. The predicted octanol–water partition coefficient (Wildman–Crippen LogP) is 10.2. The Morgan fingerprint density at radius 3 is 2.03 bits per heavy atom. The molecule has 1 aliphatic rings. The minimum Gasteiger partial charge on any atom is -0.287 e. The summed E-state index contributed by atoms with van der Waals surface area (Å²) in [4.78, 5) is 30.5. The summed E-state index contributed by atoms with van der Waals surface area (Å²) in [7, 11) is 0. The molecule has 0 fully saturated rings. The fourth-order valence-electron chi connectivity index (χ4n) is 4.69.